The average molecular weight is 225 g/mol. The van der Waals surface area contributed by atoms with Crippen molar-refractivity contribution in [1.82, 2.24) is 4.98 Å². The number of halogens is 1. The molecule has 80 valence electrons. The monoisotopic (exact) mass is 224 g/mol. The molecule has 1 atom stereocenters. The number of aliphatic hydroxyl groups is 1. The molecule has 4 N–H and O–H groups in total. The molecule has 1 heterocycles. The molecule has 0 aliphatic rings. The van der Waals surface area contributed by atoms with E-state index < -0.39 is 0 Å². The number of rotatable bonds is 2. The van der Waals surface area contributed by atoms with Gasteiger partial charge in [0.25, 0.3) is 0 Å². The van der Waals surface area contributed by atoms with Gasteiger partial charge in [-0.05, 0) is 24.6 Å². The molecule has 0 amide bonds. The first-order valence-corrected chi connectivity index (χ1v) is 5.15. The Morgan fingerprint density at radius 1 is 1.53 bits per heavy atom. The zero-order chi connectivity index (χ0) is 11.0. The van der Waals surface area contributed by atoms with E-state index in [0.29, 0.717) is 0 Å². The van der Waals surface area contributed by atoms with Gasteiger partial charge in [-0.2, -0.15) is 0 Å². The molecule has 0 saturated heterocycles. The second-order valence-corrected chi connectivity index (χ2v) is 4.06. The van der Waals surface area contributed by atoms with Crippen LogP contribution in [0.4, 0.5) is 0 Å². The lowest BCUT2D eigenvalue weighted by Crippen LogP contribution is -2.14. The minimum Gasteiger partial charge on any atom is -0.394 e. The molecule has 2 rings (SSSR count). The maximum atomic E-state index is 8.97. The van der Waals surface area contributed by atoms with Crippen molar-refractivity contribution in [3.05, 3.63) is 34.5 Å². The maximum absolute atomic E-state index is 8.97. The highest BCUT2D eigenvalue weighted by atomic mass is 35.5. The van der Waals surface area contributed by atoms with Gasteiger partial charge in [0.2, 0.25) is 0 Å². The topological polar surface area (TPSA) is 62.0 Å². The van der Waals surface area contributed by atoms with Crippen LogP contribution in [0.25, 0.3) is 10.9 Å². The first kappa shape index (κ1) is 10.5. The van der Waals surface area contributed by atoms with Gasteiger partial charge in [-0.25, -0.2) is 0 Å². The molecule has 2 aromatic rings. The number of nitrogens with one attached hydrogen (secondary N) is 1. The van der Waals surface area contributed by atoms with E-state index in [1.54, 1.807) is 0 Å². The Kier molecular flexibility index (Phi) is 2.69. The van der Waals surface area contributed by atoms with Crippen LogP contribution in [0.2, 0.25) is 5.02 Å². The normalized spacial score (nSPS) is 13.3. The smallest absolute Gasteiger partial charge is 0.0683 e. The molecule has 0 aliphatic heterocycles. The Morgan fingerprint density at radius 3 is 2.93 bits per heavy atom. The van der Waals surface area contributed by atoms with Crippen LogP contribution in [0, 0.1) is 6.92 Å². The number of aromatic nitrogens is 1. The van der Waals surface area contributed by atoms with Crippen LogP contribution in [-0.4, -0.2) is 16.7 Å². The predicted octanol–water partition coefficient (Wildman–Crippen LogP) is 2.12. The lowest BCUT2D eigenvalue weighted by Gasteiger charge is -2.03. The lowest BCUT2D eigenvalue weighted by atomic mass is 10.1. The third-order valence-corrected chi connectivity index (χ3v) is 3.02. The van der Waals surface area contributed by atoms with Crippen molar-refractivity contribution in [2.75, 3.05) is 6.61 Å². The number of hydrogen-bond acceptors (Lipinski definition) is 2. The minimum atomic E-state index is -0.365. The third kappa shape index (κ3) is 1.74. The van der Waals surface area contributed by atoms with Crippen molar-refractivity contribution in [1.29, 1.82) is 0 Å². The number of hydrogen-bond donors (Lipinski definition) is 3. The largest absolute Gasteiger partial charge is 0.394 e. The fourth-order valence-corrected chi connectivity index (χ4v) is 1.80. The third-order valence-electron chi connectivity index (χ3n) is 2.61. The molecule has 15 heavy (non-hydrogen) atoms. The van der Waals surface area contributed by atoms with E-state index in [1.165, 1.54) is 0 Å². The number of aryl methyl sites for hydroxylation is 1. The van der Waals surface area contributed by atoms with Gasteiger partial charge in [0.05, 0.1) is 18.2 Å². The molecule has 0 radical (unpaired) electrons. The van der Waals surface area contributed by atoms with E-state index in [4.69, 9.17) is 22.4 Å². The van der Waals surface area contributed by atoms with Gasteiger partial charge in [0.1, 0.15) is 0 Å². The highest BCUT2D eigenvalue weighted by Gasteiger charge is 2.10. The van der Waals surface area contributed by atoms with Crippen molar-refractivity contribution in [2.45, 2.75) is 13.0 Å². The maximum Gasteiger partial charge on any atom is 0.0683 e. The van der Waals surface area contributed by atoms with Crippen LogP contribution in [-0.2, 0) is 0 Å². The molecule has 1 aromatic heterocycles. The van der Waals surface area contributed by atoms with Crippen LogP contribution in [0.5, 0.6) is 0 Å². The summed E-state index contributed by atoms with van der Waals surface area (Å²) in [5.74, 6) is 0. The Morgan fingerprint density at radius 2 is 2.27 bits per heavy atom. The molecule has 4 heteroatoms. The Balaban J connectivity index is 2.61. The van der Waals surface area contributed by atoms with Gasteiger partial charge in [0, 0.05) is 16.1 Å². The SMILES string of the molecule is Cc1c(Cl)ccc2cc(C(N)CO)[nH]c12. The van der Waals surface area contributed by atoms with Crippen LogP contribution in [0.1, 0.15) is 17.3 Å². The van der Waals surface area contributed by atoms with E-state index in [2.05, 4.69) is 4.98 Å². The number of aliphatic hydroxyl groups excluding tert-OH is 1. The number of fused-ring (bicyclic) bond motifs is 1. The second-order valence-electron chi connectivity index (χ2n) is 3.65. The van der Waals surface area contributed by atoms with Crippen molar-refractivity contribution in [3.8, 4) is 0 Å². The summed E-state index contributed by atoms with van der Waals surface area (Å²) in [6, 6.07) is 5.38. The molecule has 0 saturated carbocycles. The standard InChI is InChI=1S/C11H13ClN2O/c1-6-8(12)3-2-7-4-10(9(13)5-15)14-11(6)7/h2-4,9,14-15H,5,13H2,1H3. The molecular weight excluding hydrogens is 212 g/mol. The van der Waals surface area contributed by atoms with Gasteiger partial charge >= 0.3 is 0 Å². The number of nitrogens with two attached hydrogens (primary N) is 1. The first-order chi connectivity index (χ1) is 7.13. The molecule has 1 unspecified atom stereocenters. The summed E-state index contributed by atoms with van der Waals surface area (Å²) in [5, 5.41) is 10.8. The highest BCUT2D eigenvalue weighted by Crippen LogP contribution is 2.26. The van der Waals surface area contributed by atoms with E-state index in [1.807, 2.05) is 25.1 Å². The molecule has 0 fully saturated rings. The summed E-state index contributed by atoms with van der Waals surface area (Å²) >= 11 is 6.01. The number of benzene rings is 1. The second kappa shape index (κ2) is 3.85. The van der Waals surface area contributed by atoms with Crippen molar-refractivity contribution in [2.24, 2.45) is 5.73 Å². The van der Waals surface area contributed by atoms with Gasteiger partial charge < -0.3 is 15.8 Å². The van der Waals surface area contributed by atoms with Crippen LogP contribution in [0.15, 0.2) is 18.2 Å². The van der Waals surface area contributed by atoms with Crippen molar-refractivity contribution < 1.29 is 5.11 Å². The Hall–Kier alpha value is -1.03. The van der Waals surface area contributed by atoms with Gasteiger partial charge in [0.15, 0.2) is 0 Å². The van der Waals surface area contributed by atoms with Crippen LogP contribution < -0.4 is 5.73 Å². The van der Waals surface area contributed by atoms with Gasteiger partial charge in [-0.3, -0.25) is 0 Å². The van der Waals surface area contributed by atoms with Gasteiger partial charge in [-0.15, -0.1) is 0 Å². The van der Waals surface area contributed by atoms with E-state index >= 15 is 0 Å². The minimum absolute atomic E-state index is 0.0698. The van der Waals surface area contributed by atoms with Crippen molar-refractivity contribution in [3.63, 3.8) is 0 Å². The molecular formula is C11H13ClN2O. The predicted molar refractivity (Wildman–Crippen MR) is 62.1 cm³/mol. The number of aromatic amines is 1. The zero-order valence-electron chi connectivity index (χ0n) is 8.42. The van der Waals surface area contributed by atoms with Gasteiger partial charge in [-0.1, -0.05) is 17.7 Å². The summed E-state index contributed by atoms with van der Waals surface area (Å²) < 4.78 is 0. The molecule has 3 nitrogen and oxygen atoms in total. The van der Waals surface area contributed by atoms with Crippen LogP contribution >= 0.6 is 11.6 Å². The molecule has 0 spiro atoms. The Labute approximate surface area is 92.9 Å². The van der Waals surface area contributed by atoms with E-state index in [9.17, 15) is 0 Å². The van der Waals surface area contributed by atoms with E-state index in [0.717, 1.165) is 27.2 Å². The Bertz CT molecular complexity index is 493. The van der Waals surface area contributed by atoms with Crippen molar-refractivity contribution >= 4 is 22.5 Å². The average Bonchev–Trinajstić information content (AvgIpc) is 2.67. The molecule has 1 aromatic carbocycles. The zero-order valence-corrected chi connectivity index (χ0v) is 9.17. The summed E-state index contributed by atoms with van der Waals surface area (Å²) in [6.07, 6.45) is 0. The fraction of sp³-hybridized carbons (Fsp3) is 0.273. The van der Waals surface area contributed by atoms with E-state index in [-0.39, 0.29) is 12.6 Å². The quantitative estimate of drug-likeness (QED) is 0.732. The van der Waals surface area contributed by atoms with Crippen LogP contribution in [0.3, 0.4) is 0 Å². The lowest BCUT2D eigenvalue weighted by molar-refractivity contribution is 0.266. The summed E-state index contributed by atoms with van der Waals surface area (Å²) in [4.78, 5) is 3.19. The fourth-order valence-electron chi connectivity index (χ4n) is 1.64. The molecule has 0 bridgehead atoms. The first-order valence-electron chi connectivity index (χ1n) is 4.77. The summed E-state index contributed by atoms with van der Waals surface area (Å²) in [7, 11) is 0. The molecule has 0 aliphatic carbocycles. The number of H-pyrrole nitrogens is 1. The summed E-state index contributed by atoms with van der Waals surface area (Å²) in [6.45, 7) is 1.88. The highest BCUT2D eigenvalue weighted by molar-refractivity contribution is 6.32. The summed E-state index contributed by atoms with van der Waals surface area (Å²) in [5.41, 5.74) is 8.56.